The lowest BCUT2D eigenvalue weighted by atomic mass is 9.87. The van der Waals surface area contributed by atoms with Gasteiger partial charge >= 0.3 is 0 Å². The Morgan fingerprint density at radius 2 is 2.00 bits per heavy atom. The molecule has 1 aromatic rings. The monoisotopic (exact) mass is 258 g/mol. The number of carbonyl (C=O) groups excluding carboxylic acids is 1. The number of carbonyl (C=O) groups is 1. The van der Waals surface area contributed by atoms with E-state index in [0.29, 0.717) is 12.8 Å². The fourth-order valence-corrected chi connectivity index (χ4v) is 2.35. The van der Waals surface area contributed by atoms with Crippen molar-refractivity contribution in [2.75, 3.05) is 13.1 Å². The van der Waals surface area contributed by atoms with Gasteiger partial charge in [-0.05, 0) is 18.4 Å². The van der Waals surface area contributed by atoms with Crippen molar-refractivity contribution in [1.82, 2.24) is 10.2 Å². The normalized spacial score (nSPS) is 18.5. The summed E-state index contributed by atoms with van der Waals surface area (Å²) in [6.45, 7) is 2.41. The van der Waals surface area contributed by atoms with Gasteiger partial charge in [0.15, 0.2) is 6.19 Å². The zero-order chi connectivity index (χ0) is 13.7. The van der Waals surface area contributed by atoms with Crippen LogP contribution in [0, 0.1) is 11.5 Å². The van der Waals surface area contributed by atoms with Crippen molar-refractivity contribution in [2.24, 2.45) is 5.73 Å². The van der Waals surface area contributed by atoms with Gasteiger partial charge in [-0.25, -0.2) is 0 Å². The Morgan fingerprint density at radius 1 is 1.37 bits per heavy atom. The predicted molar refractivity (Wildman–Crippen MR) is 71.6 cm³/mol. The number of likely N-dealkylation sites (tertiary alicyclic amines) is 1. The molecule has 0 atom stereocenters. The van der Waals surface area contributed by atoms with E-state index in [4.69, 9.17) is 11.0 Å². The lowest BCUT2D eigenvalue weighted by Gasteiger charge is -2.37. The molecule has 1 aliphatic rings. The van der Waals surface area contributed by atoms with Crippen LogP contribution in [-0.4, -0.2) is 29.4 Å². The number of hydrogen-bond acceptors (Lipinski definition) is 4. The number of nitrogens with zero attached hydrogens (tertiary/aromatic N) is 2. The summed E-state index contributed by atoms with van der Waals surface area (Å²) in [5, 5.41) is 10.6. The molecule has 0 unspecified atom stereocenters. The van der Waals surface area contributed by atoms with Crippen LogP contribution in [0.25, 0.3) is 0 Å². The fourth-order valence-electron chi connectivity index (χ4n) is 2.35. The summed E-state index contributed by atoms with van der Waals surface area (Å²) in [5.41, 5.74) is 6.41. The maximum atomic E-state index is 11.7. The first-order chi connectivity index (χ1) is 9.14. The van der Waals surface area contributed by atoms with Gasteiger partial charge in [-0.2, -0.15) is 5.26 Å². The first kappa shape index (κ1) is 13.5. The molecule has 5 heteroatoms. The molecule has 1 aliphatic heterocycles. The van der Waals surface area contributed by atoms with Gasteiger partial charge < -0.3 is 5.73 Å². The Balaban J connectivity index is 1.89. The van der Waals surface area contributed by atoms with E-state index in [1.807, 2.05) is 18.2 Å². The second-order valence-electron chi connectivity index (χ2n) is 4.98. The molecule has 0 aliphatic carbocycles. The summed E-state index contributed by atoms with van der Waals surface area (Å²) in [4.78, 5) is 14.0. The molecule has 19 heavy (non-hydrogen) atoms. The predicted octanol–water partition coefficient (Wildman–Crippen LogP) is 0.577. The largest absolute Gasteiger partial charge is 0.317 e. The van der Waals surface area contributed by atoms with Crippen LogP contribution in [0.5, 0.6) is 0 Å². The molecular weight excluding hydrogens is 240 g/mol. The molecule has 1 amide bonds. The number of nitrogens with one attached hydrogen (secondary N) is 1. The maximum absolute atomic E-state index is 11.7. The van der Waals surface area contributed by atoms with Crippen LogP contribution in [-0.2, 0) is 11.3 Å². The quantitative estimate of drug-likeness (QED) is 0.613. The van der Waals surface area contributed by atoms with Crippen LogP contribution >= 0.6 is 0 Å². The van der Waals surface area contributed by atoms with Crippen LogP contribution in [0.1, 0.15) is 18.4 Å². The minimum Gasteiger partial charge on any atom is -0.317 e. The summed E-state index contributed by atoms with van der Waals surface area (Å²) in [7, 11) is 0. The van der Waals surface area contributed by atoms with Crippen LogP contribution in [0.4, 0.5) is 0 Å². The van der Waals surface area contributed by atoms with Gasteiger partial charge in [-0.15, -0.1) is 0 Å². The lowest BCUT2D eigenvalue weighted by Crippen LogP contribution is -2.58. The van der Waals surface area contributed by atoms with E-state index in [2.05, 4.69) is 22.3 Å². The molecule has 1 heterocycles. The van der Waals surface area contributed by atoms with Crippen molar-refractivity contribution < 1.29 is 4.79 Å². The first-order valence-electron chi connectivity index (χ1n) is 6.39. The zero-order valence-corrected chi connectivity index (χ0v) is 10.8. The minimum absolute atomic E-state index is 0.366. The Bertz CT molecular complexity index is 472. The van der Waals surface area contributed by atoms with E-state index in [9.17, 15) is 4.79 Å². The van der Waals surface area contributed by atoms with Crippen molar-refractivity contribution in [3.63, 3.8) is 0 Å². The number of piperidine rings is 1. The van der Waals surface area contributed by atoms with Gasteiger partial charge in [0.25, 0.3) is 5.91 Å². The second kappa shape index (κ2) is 5.83. The average molecular weight is 258 g/mol. The van der Waals surface area contributed by atoms with Gasteiger partial charge in [-0.3, -0.25) is 15.0 Å². The smallest absolute Gasteiger partial charge is 0.253 e. The summed E-state index contributed by atoms with van der Waals surface area (Å²) in [6.07, 6.45) is 2.80. The molecule has 0 aromatic heterocycles. The highest BCUT2D eigenvalue weighted by atomic mass is 16.2. The average Bonchev–Trinajstić information content (AvgIpc) is 2.43. The molecule has 5 nitrogen and oxygen atoms in total. The molecule has 3 N–H and O–H groups in total. The Labute approximate surface area is 113 Å². The van der Waals surface area contributed by atoms with E-state index in [-0.39, 0.29) is 5.91 Å². The third-order valence-corrected chi connectivity index (χ3v) is 3.62. The number of rotatable bonds is 3. The van der Waals surface area contributed by atoms with Crippen molar-refractivity contribution in [3.05, 3.63) is 35.9 Å². The summed E-state index contributed by atoms with van der Waals surface area (Å²) >= 11 is 0. The number of nitrogens with two attached hydrogens (primary N) is 1. The Morgan fingerprint density at radius 3 is 2.58 bits per heavy atom. The van der Waals surface area contributed by atoms with Gasteiger partial charge in [-0.1, -0.05) is 30.3 Å². The SMILES string of the molecule is N#CNC(=O)C1(N)CCN(Cc2ccccc2)CC1. The highest BCUT2D eigenvalue weighted by molar-refractivity contribution is 5.87. The Hall–Kier alpha value is -1.90. The first-order valence-corrected chi connectivity index (χ1v) is 6.39. The fraction of sp³-hybridized carbons (Fsp3) is 0.429. The number of benzene rings is 1. The number of hydrogen-bond donors (Lipinski definition) is 2. The summed E-state index contributed by atoms with van der Waals surface area (Å²) in [6, 6.07) is 10.2. The molecule has 0 radical (unpaired) electrons. The van der Waals surface area contributed by atoms with Gasteiger partial charge in [0.1, 0.15) is 0 Å². The van der Waals surface area contributed by atoms with Gasteiger partial charge in [0, 0.05) is 19.6 Å². The van der Waals surface area contributed by atoms with Crippen LogP contribution < -0.4 is 11.1 Å². The van der Waals surface area contributed by atoms with E-state index in [1.165, 1.54) is 5.56 Å². The van der Waals surface area contributed by atoms with E-state index in [1.54, 1.807) is 6.19 Å². The molecular formula is C14H18N4O. The minimum atomic E-state index is -0.900. The van der Waals surface area contributed by atoms with Crippen molar-refractivity contribution in [1.29, 1.82) is 5.26 Å². The van der Waals surface area contributed by atoms with Gasteiger partial charge in [0.05, 0.1) is 5.54 Å². The topological polar surface area (TPSA) is 82.1 Å². The molecule has 1 saturated heterocycles. The zero-order valence-electron chi connectivity index (χ0n) is 10.8. The highest BCUT2D eigenvalue weighted by Crippen LogP contribution is 2.21. The third-order valence-electron chi connectivity index (χ3n) is 3.62. The van der Waals surface area contributed by atoms with Gasteiger partial charge in [0.2, 0.25) is 0 Å². The van der Waals surface area contributed by atoms with Crippen molar-refractivity contribution in [3.8, 4) is 6.19 Å². The summed E-state index contributed by atoms with van der Waals surface area (Å²) < 4.78 is 0. The Kier molecular flexibility index (Phi) is 4.15. The lowest BCUT2D eigenvalue weighted by molar-refractivity contribution is -0.126. The highest BCUT2D eigenvalue weighted by Gasteiger charge is 2.37. The number of amides is 1. The standard InChI is InChI=1S/C14H18N4O/c15-11-17-13(19)14(16)6-8-18(9-7-14)10-12-4-2-1-3-5-12/h1-5H,6-10,16H2,(H,17,19). The van der Waals surface area contributed by atoms with Crippen LogP contribution in [0.15, 0.2) is 30.3 Å². The molecule has 0 spiro atoms. The molecule has 100 valence electrons. The molecule has 1 aromatic carbocycles. The third kappa shape index (κ3) is 3.31. The van der Waals surface area contributed by atoms with E-state index in [0.717, 1.165) is 19.6 Å². The second-order valence-corrected chi connectivity index (χ2v) is 4.98. The molecule has 0 saturated carbocycles. The molecule has 1 fully saturated rings. The number of nitriles is 1. The summed E-state index contributed by atoms with van der Waals surface area (Å²) in [5.74, 6) is -0.366. The maximum Gasteiger partial charge on any atom is 0.253 e. The van der Waals surface area contributed by atoms with Crippen LogP contribution in [0.2, 0.25) is 0 Å². The van der Waals surface area contributed by atoms with E-state index >= 15 is 0 Å². The van der Waals surface area contributed by atoms with Crippen LogP contribution in [0.3, 0.4) is 0 Å². The van der Waals surface area contributed by atoms with Crippen molar-refractivity contribution in [2.45, 2.75) is 24.9 Å². The van der Waals surface area contributed by atoms with E-state index < -0.39 is 5.54 Å². The van der Waals surface area contributed by atoms with Crippen molar-refractivity contribution >= 4 is 5.91 Å². The molecule has 2 rings (SSSR count). The molecule has 0 bridgehead atoms.